The number of nitrogens with zero attached hydrogens (tertiary/aromatic N) is 2. The minimum absolute atomic E-state index is 0.102. The molecule has 0 unspecified atom stereocenters. The van der Waals surface area contributed by atoms with Crippen LogP contribution in [-0.2, 0) is 0 Å². The van der Waals surface area contributed by atoms with E-state index in [1.165, 1.54) is 4.88 Å². The van der Waals surface area contributed by atoms with Gasteiger partial charge < -0.3 is 5.11 Å². The maximum atomic E-state index is 11.3. The summed E-state index contributed by atoms with van der Waals surface area (Å²) in [5.74, 6) is -0.300. The summed E-state index contributed by atoms with van der Waals surface area (Å²) in [5.41, 5.74) is 1.71. The summed E-state index contributed by atoms with van der Waals surface area (Å²) in [6.07, 6.45) is 0. The molecule has 3 aromatic heterocycles. The highest BCUT2D eigenvalue weighted by atomic mass is 32.1. The summed E-state index contributed by atoms with van der Waals surface area (Å²) >= 11 is 1.61. The van der Waals surface area contributed by atoms with Gasteiger partial charge in [0.1, 0.15) is 0 Å². The molecule has 1 N–H and O–H groups in total. The second-order valence-corrected chi connectivity index (χ2v) is 5.68. The molecule has 3 rings (SSSR count). The molecule has 0 spiro atoms. The number of fused-ring (bicyclic) bond motifs is 1. The molecule has 4 nitrogen and oxygen atoms in total. The van der Waals surface area contributed by atoms with Crippen LogP contribution in [0.25, 0.3) is 16.2 Å². The number of aromatic carboxylic acids is 1. The Hall–Kier alpha value is -2.14. The predicted molar refractivity (Wildman–Crippen MR) is 74.9 cm³/mol. The SMILES string of the molecule is Cc1ccc(-c2nc(C(=O)O)c3cccc(C)n23)s1. The zero-order valence-corrected chi connectivity index (χ0v) is 11.4. The average Bonchev–Trinajstić information content (AvgIpc) is 2.93. The molecule has 3 aromatic rings. The Balaban J connectivity index is 2.39. The maximum absolute atomic E-state index is 11.3. The second-order valence-electron chi connectivity index (χ2n) is 4.39. The van der Waals surface area contributed by atoms with Gasteiger partial charge in [-0.25, -0.2) is 9.78 Å². The van der Waals surface area contributed by atoms with E-state index in [2.05, 4.69) is 4.98 Å². The van der Waals surface area contributed by atoms with Crippen molar-refractivity contribution in [3.8, 4) is 10.7 Å². The third-order valence-electron chi connectivity index (χ3n) is 3.02. The van der Waals surface area contributed by atoms with Gasteiger partial charge in [-0.3, -0.25) is 4.40 Å². The largest absolute Gasteiger partial charge is 0.476 e. The summed E-state index contributed by atoms with van der Waals surface area (Å²) in [4.78, 5) is 17.8. The summed E-state index contributed by atoms with van der Waals surface area (Å²) in [5, 5.41) is 9.27. The quantitative estimate of drug-likeness (QED) is 0.778. The van der Waals surface area contributed by atoms with Gasteiger partial charge in [-0.05, 0) is 38.1 Å². The fourth-order valence-corrected chi connectivity index (χ4v) is 3.02. The van der Waals surface area contributed by atoms with E-state index in [9.17, 15) is 9.90 Å². The first-order chi connectivity index (χ1) is 9.08. The molecule has 0 atom stereocenters. The van der Waals surface area contributed by atoms with E-state index in [0.717, 1.165) is 10.6 Å². The van der Waals surface area contributed by atoms with Crippen molar-refractivity contribution in [3.05, 3.63) is 46.6 Å². The van der Waals surface area contributed by atoms with Crippen LogP contribution in [0, 0.1) is 13.8 Å². The van der Waals surface area contributed by atoms with E-state index in [1.54, 1.807) is 17.4 Å². The number of thiophene rings is 1. The number of hydrogen-bond acceptors (Lipinski definition) is 3. The molecule has 0 amide bonds. The molecule has 0 aliphatic carbocycles. The first-order valence-electron chi connectivity index (χ1n) is 5.86. The van der Waals surface area contributed by atoms with Crippen molar-refractivity contribution in [2.24, 2.45) is 0 Å². The number of carboxylic acid groups (broad SMARTS) is 1. The molecule has 96 valence electrons. The molecule has 0 aromatic carbocycles. The van der Waals surface area contributed by atoms with E-state index >= 15 is 0 Å². The second kappa shape index (κ2) is 4.20. The predicted octanol–water partition coefficient (Wildman–Crippen LogP) is 3.38. The first kappa shape index (κ1) is 11.9. The van der Waals surface area contributed by atoms with Crippen molar-refractivity contribution in [1.82, 2.24) is 9.38 Å². The molecule has 19 heavy (non-hydrogen) atoms. The summed E-state index contributed by atoms with van der Waals surface area (Å²) < 4.78 is 1.90. The van der Waals surface area contributed by atoms with Crippen LogP contribution in [0.5, 0.6) is 0 Å². The van der Waals surface area contributed by atoms with Crippen LogP contribution in [-0.4, -0.2) is 20.5 Å². The molecular formula is C14H12N2O2S. The number of hydrogen-bond donors (Lipinski definition) is 1. The number of aromatic nitrogens is 2. The van der Waals surface area contributed by atoms with Gasteiger partial charge in [-0.15, -0.1) is 11.3 Å². The van der Waals surface area contributed by atoms with Crippen LogP contribution >= 0.6 is 11.3 Å². The Labute approximate surface area is 114 Å². The van der Waals surface area contributed by atoms with Gasteiger partial charge in [0.05, 0.1) is 10.4 Å². The van der Waals surface area contributed by atoms with E-state index in [4.69, 9.17) is 0 Å². The normalized spacial score (nSPS) is 11.1. The van der Waals surface area contributed by atoms with Crippen molar-refractivity contribution in [2.75, 3.05) is 0 Å². The highest BCUT2D eigenvalue weighted by Crippen LogP contribution is 2.29. The Morgan fingerprint density at radius 2 is 2.05 bits per heavy atom. The van der Waals surface area contributed by atoms with Crippen LogP contribution in [0.15, 0.2) is 30.3 Å². The van der Waals surface area contributed by atoms with Crippen molar-refractivity contribution in [1.29, 1.82) is 0 Å². The lowest BCUT2D eigenvalue weighted by atomic mass is 10.3. The van der Waals surface area contributed by atoms with Crippen molar-refractivity contribution in [2.45, 2.75) is 13.8 Å². The highest BCUT2D eigenvalue weighted by Gasteiger charge is 2.19. The van der Waals surface area contributed by atoms with Gasteiger partial charge in [0.15, 0.2) is 11.5 Å². The zero-order chi connectivity index (χ0) is 13.6. The lowest BCUT2D eigenvalue weighted by molar-refractivity contribution is 0.0693. The molecule has 0 fully saturated rings. The zero-order valence-electron chi connectivity index (χ0n) is 10.5. The molecule has 3 heterocycles. The molecule has 0 saturated carbocycles. The van der Waals surface area contributed by atoms with Gasteiger partial charge in [0.2, 0.25) is 0 Å². The monoisotopic (exact) mass is 272 g/mol. The molecular weight excluding hydrogens is 260 g/mol. The van der Waals surface area contributed by atoms with Crippen LogP contribution in [0.3, 0.4) is 0 Å². The van der Waals surface area contributed by atoms with E-state index in [0.29, 0.717) is 11.3 Å². The lowest BCUT2D eigenvalue weighted by Gasteiger charge is -2.02. The first-order valence-corrected chi connectivity index (χ1v) is 6.68. The number of imidazole rings is 1. The average molecular weight is 272 g/mol. The topological polar surface area (TPSA) is 54.6 Å². The van der Waals surface area contributed by atoms with Crippen LogP contribution in [0.1, 0.15) is 21.1 Å². The maximum Gasteiger partial charge on any atom is 0.356 e. The third kappa shape index (κ3) is 1.82. The van der Waals surface area contributed by atoms with E-state index in [-0.39, 0.29) is 5.69 Å². The van der Waals surface area contributed by atoms with Gasteiger partial charge in [0.25, 0.3) is 0 Å². The van der Waals surface area contributed by atoms with E-state index in [1.807, 2.05) is 42.5 Å². The molecule has 0 bridgehead atoms. The van der Waals surface area contributed by atoms with Crippen molar-refractivity contribution >= 4 is 22.8 Å². The fourth-order valence-electron chi connectivity index (χ4n) is 2.17. The fraction of sp³-hybridized carbons (Fsp3) is 0.143. The number of carbonyl (C=O) groups is 1. The van der Waals surface area contributed by atoms with Gasteiger partial charge in [-0.2, -0.15) is 0 Å². The number of aryl methyl sites for hydroxylation is 2. The number of pyridine rings is 1. The summed E-state index contributed by atoms with van der Waals surface area (Å²) in [6.45, 7) is 3.97. The molecule has 0 aliphatic rings. The van der Waals surface area contributed by atoms with Gasteiger partial charge >= 0.3 is 5.97 Å². The Bertz CT molecular complexity index is 786. The minimum atomic E-state index is -0.998. The van der Waals surface area contributed by atoms with Crippen LogP contribution in [0.4, 0.5) is 0 Å². The Morgan fingerprint density at radius 3 is 2.68 bits per heavy atom. The third-order valence-corrected chi connectivity index (χ3v) is 4.02. The minimum Gasteiger partial charge on any atom is -0.476 e. The van der Waals surface area contributed by atoms with E-state index < -0.39 is 5.97 Å². The molecule has 0 saturated heterocycles. The van der Waals surface area contributed by atoms with Crippen molar-refractivity contribution < 1.29 is 9.90 Å². The number of carboxylic acids is 1. The Morgan fingerprint density at radius 1 is 1.26 bits per heavy atom. The summed E-state index contributed by atoms with van der Waals surface area (Å²) in [7, 11) is 0. The standard InChI is InChI=1S/C14H12N2O2S/c1-8-4-3-5-10-12(14(17)18)15-13(16(8)10)11-7-6-9(2)19-11/h3-7H,1-2H3,(H,17,18). The molecule has 5 heteroatoms. The van der Waals surface area contributed by atoms with Gasteiger partial charge in [0, 0.05) is 10.6 Å². The van der Waals surface area contributed by atoms with Crippen LogP contribution < -0.4 is 0 Å². The summed E-state index contributed by atoms with van der Waals surface area (Å²) in [6, 6.07) is 9.58. The van der Waals surface area contributed by atoms with Crippen LogP contribution in [0.2, 0.25) is 0 Å². The molecule has 0 radical (unpaired) electrons. The Kier molecular flexibility index (Phi) is 2.64. The smallest absolute Gasteiger partial charge is 0.356 e. The molecule has 0 aliphatic heterocycles. The lowest BCUT2D eigenvalue weighted by Crippen LogP contribution is -1.97. The highest BCUT2D eigenvalue weighted by molar-refractivity contribution is 7.15. The van der Waals surface area contributed by atoms with Crippen molar-refractivity contribution in [3.63, 3.8) is 0 Å². The van der Waals surface area contributed by atoms with Gasteiger partial charge in [-0.1, -0.05) is 6.07 Å². The number of rotatable bonds is 2.